The van der Waals surface area contributed by atoms with Crippen molar-refractivity contribution >= 4 is 11.5 Å². The van der Waals surface area contributed by atoms with Crippen molar-refractivity contribution in [2.24, 2.45) is 5.41 Å². The Morgan fingerprint density at radius 1 is 1.18 bits per heavy atom. The van der Waals surface area contributed by atoms with E-state index in [1.165, 1.54) is 23.2 Å². The first-order chi connectivity index (χ1) is 13.3. The summed E-state index contributed by atoms with van der Waals surface area (Å²) in [5.41, 5.74) is 7.04. The largest absolute Gasteiger partial charge is 0.369 e. The van der Waals surface area contributed by atoms with Gasteiger partial charge in [0.05, 0.1) is 5.69 Å². The number of aryl methyl sites for hydroxylation is 2. The second kappa shape index (κ2) is 7.21. The van der Waals surface area contributed by atoms with Gasteiger partial charge in [0.2, 0.25) is 0 Å². The van der Waals surface area contributed by atoms with Crippen molar-refractivity contribution in [1.29, 1.82) is 0 Å². The molecular weight excluding hydrogens is 346 g/mol. The number of fused-ring (bicyclic) bond motifs is 2. The first-order valence-electron chi connectivity index (χ1n) is 10.2. The van der Waals surface area contributed by atoms with Gasteiger partial charge in [0.1, 0.15) is 5.82 Å². The van der Waals surface area contributed by atoms with Gasteiger partial charge in [0, 0.05) is 36.0 Å². The lowest BCUT2D eigenvalue weighted by Gasteiger charge is -2.29. The monoisotopic (exact) mass is 377 g/mol. The highest BCUT2D eigenvalue weighted by atomic mass is 15.3. The summed E-state index contributed by atoms with van der Waals surface area (Å²) < 4.78 is 2.02. The van der Waals surface area contributed by atoms with Crippen molar-refractivity contribution in [3.8, 4) is 11.3 Å². The van der Waals surface area contributed by atoms with E-state index in [0.29, 0.717) is 0 Å². The Labute approximate surface area is 167 Å². The van der Waals surface area contributed by atoms with Crippen LogP contribution >= 0.6 is 0 Å². The zero-order valence-corrected chi connectivity index (χ0v) is 17.7. The molecule has 0 unspecified atom stereocenters. The van der Waals surface area contributed by atoms with Crippen LogP contribution in [0.3, 0.4) is 0 Å². The smallest absolute Gasteiger partial charge is 0.158 e. The summed E-state index contributed by atoms with van der Waals surface area (Å²) in [6.07, 6.45) is 3.32. The van der Waals surface area contributed by atoms with Gasteiger partial charge in [0.25, 0.3) is 0 Å². The number of hydrogen-bond donors (Lipinski definition) is 1. The third-order valence-electron chi connectivity index (χ3n) is 5.42. The molecule has 3 aromatic rings. The van der Waals surface area contributed by atoms with Crippen LogP contribution in [-0.2, 0) is 12.8 Å². The van der Waals surface area contributed by atoms with E-state index in [1.54, 1.807) is 0 Å². The summed E-state index contributed by atoms with van der Waals surface area (Å²) in [7, 11) is 4.26. The molecule has 0 amide bonds. The van der Waals surface area contributed by atoms with E-state index in [2.05, 4.69) is 75.4 Å². The number of rotatable bonds is 6. The molecule has 0 bridgehead atoms. The molecule has 28 heavy (non-hydrogen) atoms. The van der Waals surface area contributed by atoms with Crippen LogP contribution in [-0.4, -0.2) is 46.7 Å². The highest BCUT2D eigenvalue weighted by Crippen LogP contribution is 2.31. The fourth-order valence-corrected chi connectivity index (χ4v) is 4.35. The van der Waals surface area contributed by atoms with Gasteiger partial charge in [-0.1, -0.05) is 37.6 Å². The second-order valence-electron chi connectivity index (χ2n) is 9.16. The van der Waals surface area contributed by atoms with Gasteiger partial charge in [-0.2, -0.15) is 9.61 Å². The summed E-state index contributed by atoms with van der Waals surface area (Å²) in [5.74, 6) is 1.13. The standard InChI is InChI=1S/C23H31N5/c1-16-8-6-9-17(12-16)20-13-21-25-19-11-7-10-18(19)22(28(21)26-20)24-14-23(2,3)15-27(4)5/h6,8-9,12-13,24H,7,10-11,14-15H2,1-5H3. The highest BCUT2D eigenvalue weighted by molar-refractivity contribution is 5.67. The molecule has 0 saturated heterocycles. The van der Waals surface area contributed by atoms with Gasteiger partial charge in [-0.15, -0.1) is 0 Å². The first-order valence-corrected chi connectivity index (χ1v) is 10.2. The summed E-state index contributed by atoms with van der Waals surface area (Å²) in [4.78, 5) is 7.18. The molecule has 0 radical (unpaired) electrons. The van der Waals surface area contributed by atoms with Crippen LogP contribution in [0.15, 0.2) is 30.3 Å². The van der Waals surface area contributed by atoms with E-state index in [4.69, 9.17) is 10.1 Å². The van der Waals surface area contributed by atoms with E-state index in [-0.39, 0.29) is 5.41 Å². The van der Waals surface area contributed by atoms with Crippen molar-refractivity contribution in [2.45, 2.75) is 40.0 Å². The van der Waals surface area contributed by atoms with E-state index in [1.807, 2.05) is 4.52 Å². The second-order valence-corrected chi connectivity index (χ2v) is 9.16. The van der Waals surface area contributed by atoms with Gasteiger partial charge in [-0.25, -0.2) is 4.98 Å². The molecule has 1 aromatic carbocycles. The van der Waals surface area contributed by atoms with Gasteiger partial charge >= 0.3 is 0 Å². The highest BCUT2D eigenvalue weighted by Gasteiger charge is 2.24. The maximum Gasteiger partial charge on any atom is 0.158 e. The third-order valence-corrected chi connectivity index (χ3v) is 5.42. The minimum atomic E-state index is 0.164. The average molecular weight is 378 g/mol. The third kappa shape index (κ3) is 3.76. The molecule has 0 aliphatic heterocycles. The minimum absolute atomic E-state index is 0.164. The molecule has 1 aliphatic rings. The lowest BCUT2D eigenvalue weighted by Crippen LogP contribution is -2.35. The lowest BCUT2D eigenvalue weighted by molar-refractivity contribution is 0.254. The summed E-state index contributed by atoms with van der Waals surface area (Å²) in [6.45, 7) is 8.66. The Kier molecular flexibility index (Phi) is 4.88. The van der Waals surface area contributed by atoms with Crippen molar-refractivity contribution in [2.75, 3.05) is 32.5 Å². The van der Waals surface area contributed by atoms with Gasteiger partial charge < -0.3 is 10.2 Å². The van der Waals surface area contributed by atoms with E-state index >= 15 is 0 Å². The molecule has 2 aromatic heterocycles. The van der Waals surface area contributed by atoms with Gasteiger partial charge in [-0.3, -0.25) is 0 Å². The van der Waals surface area contributed by atoms with E-state index in [9.17, 15) is 0 Å². The average Bonchev–Trinajstić information content (AvgIpc) is 3.23. The zero-order chi connectivity index (χ0) is 19.9. The molecule has 5 heteroatoms. The van der Waals surface area contributed by atoms with Crippen molar-refractivity contribution in [3.05, 3.63) is 47.2 Å². The molecule has 5 nitrogen and oxygen atoms in total. The van der Waals surface area contributed by atoms with Crippen LogP contribution in [0.1, 0.15) is 37.1 Å². The molecule has 2 heterocycles. The zero-order valence-electron chi connectivity index (χ0n) is 17.7. The van der Waals surface area contributed by atoms with E-state index < -0.39 is 0 Å². The molecule has 1 N–H and O–H groups in total. The maximum absolute atomic E-state index is 4.94. The van der Waals surface area contributed by atoms with E-state index in [0.717, 1.165) is 48.7 Å². The summed E-state index contributed by atoms with van der Waals surface area (Å²) >= 11 is 0. The quantitative estimate of drug-likeness (QED) is 0.699. The van der Waals surface area contributed by atoms with Crippen LogP contribution in [0.25, 0.3) is 16.9 Å². The number of nitrogens with one attached hydrogen (secondary N) is 1. The number of nitrogens with zero attached hydrogens (tertiary/aromatic N) is 4. The predicted octanol–water partition coefficient (Wildman–Crippen LogP) is 4.19. The van der Waals surface area contributed by atoms with Crippen LogP contribution in [0.5, 0.6) is 0 Å². The Balaban J connectivity index is 1.74. The maximum atomic E-state index is 4.94. The first kappa shape index (κ1) is 18.9. The molecular formula is C23H31N5. The molecule has 0 saturated carbocycles. The Bertz CT molecular complexity index is 1000. The minimum Gasteiger partial charge on any atom is -0.369 e. The van der Waals surface area contributed by atoms with Crippen molar-refractivity contribution < 1.29 is 0 Å². The fraction of sp³-hybridized carbons (Fsp3) is 0.478. The van der Waals surface area contributed by atoms with Crippen LogP contribution < -0.4 is 5.32 Å². The molecule has 1 aliphatic carbocycles. The molecule has 0 atom stereocenters. The molecule has 4 rings (SSSR count). The predicted molar refractivity (Wildman–Crippen MR) is 116 cm³/mol. The molecule has 148 valence electrons. The molecule has 0 spiro atoms. The molecule has 0 fully saturated rings. The topological polar surface area (TPSA) is 45.5 Å². The Morgan fingerprint density at radius 3 is 2.75 bits per heavy atom. The Hall–Kier alpha value is -2.40. The Morgan fingerprint density at radius 2 is 2.00 bits per heavy atom. The SMILES string of the molecule is Cc1cccc(-c2cc3nc4c(c(NCC(C)(C)CN(C)C)n3n2)CCC4)c1. The lowest BCUT2D eigenvalue weighted by atomic mass is 9.93. The van der Waals surface area contributed by atoms with Crippen molar-refractivity contribution in [3.63, 3.8) is 0 Å². The number of benzene rings is 1. The fourth-order valence-electron chi connectivity index (χ4n) is 4.35. The van der Waals surface area contributed by atoms with Crippen LogP contribution in [0, 0.1) is 12.3 Å². The van der Waals surface area contributed by atoms with Crippen LogP contribution in [0.2, 0.25) is 0 Å². The van der Waals surface area contributed by atoms with Gasteiger partial charge in [0.15, 0.2) is 5.65 Å². The summed E-state index contributed by atoms with van der Waals surface area (Å²) in [6, 6.07) is 10.6. The number of anilines is 1. The van der Waals surface area contributed by atoms with Crippen molar-refractivity contribution in [1.82, 2.24) is 19.5 Å². The normalized spacial score (nSPS) is 14.1. The number of aromatic nitrogens is 3. The van der Waals surface area contributed by atoms with Gasteiger partial charge in [-0.05, 0) is 51.8 Å². The summed E-state index contributed by atoms with van der Waals surface area (Å²) in [5, 5.41) is 8.69. The number of hydrogen-bond acceptors (Lipinski definition) is 4. The van der Waals surface area contributed by atoms with Crippen LogP contribution in [0.4, 0.5) is 5.82 Å².